The molecule has 2 heterocycles. The lowest BCUT2D eigenvalue weighted by Gasteiger charge is -2.26. The lowest BCUT2D eigenvalue weighted by molar-refractivity contribution is 0.328. The Morgan fingerprint density at radius 2 is 2.14 bits per heavy atom. The standard InChI is InChI=1S/C14H23BrN2O3S/c1-4-11-7-6-10(3)17(11)21(18,19)13-8-12(9-16-5-2)20-14(13)15/h8,10-11,16H,4-7,9H2,1-3H3. The summed E-state index contributed by atoms with van der Waals surface area (Å²) in [4.78, 5) is 0.239. The molecule has 1 aliphatic rings. The molecule has 7 heteroatoms. The molecule has 1 aliphatic heterocycles. The lowest BCUT2D eigenvalue weighted by Crippen LogP contribution is -2.39. The van der Waals surface area contributed by atoms with Crippen molar-refractivity contribution < 1.29 is 12.8 Å². The number of hydrogen-bond acceptors (Lipinski definition) is 4. The second-order valence-electron chi connectivity index (χ2n) is 5.45. The third-order valence-corrected chi connectivity index (χ3v) is 6.92. The fourth-order valence-electron chi connectivity index (χ4n) is 2.89. The molecule has 2 unspecified atom stereocenters. The predicted octanol–water partition coefficient (Wildman–Crippen LogP) is 3.10. The maximum absolute atomic E-state index is 12.9. The van der Waals surface area contributed by atoms with Crippen molar-refractivity contribution in [2.75, 3.05) is 6.54 Å². The van der Waals surface area contributed by atoms with Crippen LogP contribution in [0, 0.1) is 0 Å². The Morgan fingerprint density at radius 1 is 1.43 bits per heavy atom. The van der Waals surface area contributed by atoms with Crippen LogP contribution in [0.5, 0.6) is 0 Å². The first-order valence-electron chi connectivity index (χ1n) is 7.44. The second-order valence-corrected chi connectivity index (χ2v) is 7.99. The molecule has 0 radical (unpaired) electrons. The first kappa shape index (κ1) is 17.0. The lowest BCUT2D eigenvalue weighted by atomic mass is 10.2. The SMILES string of the molecule is CCNCc1cc(S(=O)(=O)N2C(C)CCC2CC)c(Br)o1. The third kappa shape index (κ3) is 3.36. The van der Waals surface area contributed by atoms with Crippen molar-refractivity contribution in [3.63, 3.8) is 0 Å². The summed E-state index contributed by atoms with van der Waals surface area (Å²) >= 11 is 3.25. The summed E-state index contributed by atoms with van der Waals surface area (Å²) in [7, 11) is -3.52. The van der Waals surface area contributed by atoms with Crippen LogP contribution < -0.4 is 5.32 Å². The summed E-state index contributed by atoms with van der Waals surface area (Å²) in [6, 6.07) is 1.75. The Bertz CT molecular complexity index is 585. The van der Waals surface area contributed by atoms with Gasteiger partial charge in [0, 0.05) is 18.2 Å². The molecule has 2 rings (SSSR count). The third-order valence-electron chi connectivity index (χ3n) is 3.99. The van der Waals surface area contributed by atoms with Gasteiger partial charge in [0.25, 0.3) is 0 Å². The summed E-state index contributed by atoms with van der Waals surface area (Å²) in [5, 5.41) is 3.13. The maximum atomic E-state index is 12.9. The zero-order valence-electron chi connectivity index (χ0n) is 12.7. The van der Waals surface area contributed by atoms with Gasteiger partial charge < -0.3 is 9.73 Å². The van der Waals surface area contributed by atoms with Crippen molar-refractivity contribution in [3.8, 4) is 0 Å². The Morgan fingerprint density at radius 3 is 2.76 bits per heavy atom. The molecule has 1 N–H and O–H groups in total. The smallest absolute Gasteiger partial charge is 0.247 e. The predicted molar refractivity (Wildman–Crippen MR) is 85.6 cm³/mol. The summed E-state index contributed by atoms with van der Waals surface area (Å²) in [5.74, 6) is 0.627. The first-order valence-corrected chi connectivity index (χ1v) is 9.67. The van der Waals surface area contributed by atoms with E-state index in [1.54, 1.807) is 10.4 Å². The summed E-state index contributed by atoms with van der Waals surface area (Å²) < 4.78 is 33.3. The van der Waals surface area contributed by atoms with Crippen molar-refractivity contribution in [2.45, 2.75) is 63.6 Å². The van der Waals surface area contributed by atoms with Gasteiger partial charge in [-0.25, -0.2) is 8.42 Å². The molecule has 0 amide bonds. The van der Waals surface area contributed by atoms with Crippen LogP contribution in [0.1, 0.15) is 45.8 Å². The molecule has 1 fully saturated rings. The Kier molecular flexibility index (Phi) is 5.51. The number of nitrogens with one attached hydrogen (secondary N) is 1. The first-order chi connectivity index (χ1) is 9.91. The van der Waals surface area contributed by atoms with Crippen molar-refractivity contribution in [1.29, 1.82) is 0 Å². The van der Waals surface area contributed by atoms with Gasteiger partial charge >= 0.3 is 0 Å². The van der Waals surface area contributed by atoms with E-state index >= 15 is 0 Å². The second kappa shape index (κ2) is 6.81. The van der Waals surface area contributed by atoms with Crippen molar-refractivity contribution in [2.24, 2.45) is 0 Å². The molecule has 0 aliphatic carbocycles. The van der Waals surface area contributed by atoms with Gasteiger partial charge in [-0.1, -0.05) is 13.8 Å². The molecule has 0 spiro atoms. The van der Waals surface area contributed by atoms with Crippen LogP contribution in [0.2, 0.25) is 0 Å². The van der Waals surface area contributed by atoms with E-state index in [1.165, 1.54) is 0 Å². The van der Waals surface area contributed by atoms with Gasteiger partial charge in [-0.2, -0.15) is 4.31 Å². The van der Waals surface area contributed by atoms with Crippen molar-refractivity contribution in [3.05, 3.63) is 16.5 Å². The number of rotatable bonds is 6. The van der Waals surface area contributed by atoms with Crippen LogP contribution in [-0.2, 0) is 16.6 Å². The zero-order valence-corrected chi connectivity index (χ0v) is 15.1. The zero-order chi connectivity index (χ0) is 15.6. The molecule has 1 aromatic rings. The minimum atomic E-state index is -3.52. The molecule has 5 nitrogen and oxygen atoms in total. The topological polar surface area (TPSA) is 62.6 Å². The largest absolute Gasteiger partial charge is 0.452 e. The average Bonchev–Trinajstić information content (AvgIpc) is 3.00. The van der Waals surface area contributed by atoms with Gasteiger partial charge in [0.1, 0.15) is 10.7 Å². The highest BCUT2D eigenvalue weighted by atomic mass is 79.9. The summed E-state index contributed by atoms with van der Waals surface area (Å²) in [6.45, 7) is 7.33. The Labute approximate surface area is 135 Å². The number of furan rings is 1. The van der Waals surface area contributed by atoms with E-state index in [0.717, 1.165) is 25.8 Å². The fourth-order valence-corrected chi connectivity index (χ4v) is 5.80. The van der Waals surface area contributed by atoms with E-state index in [4.69, 9.17) is 4.42 Å². The van der Waals surface area contributed by atoms with E-state index in [2.05, 4.69) is 21.2 Å². The van der Waals surface area contributed by atoms with E-state index in [0.29, 0.717) is 17.0 Å². The molecule has 0 saturated carbocycles. The van der Waals surface area contributed by atoms with Crippen molar-refractivity contribution >= 4 is 26.0 Å². The highest BCUT2D eigenvalue weighted by Gasteiger charge is 2.40. The van der Waals surface area contributed by atoms with Gasteiger partial charge in [-0.15, -0.1) is 0 Å². The van der Waals surface area contributed by atoms with E-state index in [1.807, 2.05) is 20.8 Å². The molecule has 1 saturated heterocycles. The Hall–Kier alpha value is -0.370. The molecule has 120 valence electrons. The van der Waals surface area contributed by atoms with Gasteiger partial charge in [-0.3, -0.25) is 0 Å². The number of sulfonamides is 1. The fraction of sp³-hybridized carbons (Fsp3) is 0.714. The molecular weight excluding hydrogens is 356 g/mol. The molecule has 21 heavy (non-hydrogen) atoms. The highest BCUT2D eigenvalue weighted by molar-refractivity contribution is 9.10. The molecule has 2 atom stereocenters. The van der Waals surface area contributed by atoms with Crippen LogP contribution in [0.4, 0.5) is 0 Å². The van der Waals surface area contributed by atoms with Crippen LogP contribution in [-0.4, -0.2) is 31.4 Å². The van der Waals surface area contributed by atoms with Crippen LogP contribution in [0.3, 0.4) is 0 Å². The minimum Gasteiger partial charge on any atom is -0.452 e. The molecule has 1 aromatic heterocycles. The quantitative estimate of drug-likeness (QED) is 0.825. The number of hydrogen-bond donors (Lipinski definition) is 1. The molecule has 0 bridgehead atoms. The molecular formula is C14H23BrN2O3S. The maximum Gasteiger partial charge on any atom is 0.247 e. The minimum absolute atomic E-state index is 0.0407. The number of halogens is 1. The Balaban J connectivity index is 2.33. The summed E-state index contributed by atoms with van der Waals surface area (Å²) in [6.07, 6.45) is 2.68. The van der Waals surface area contributed by atoms with E-state index in [9.17, 15) is 8.42 Å². The normalized spacial score (nSPS) is 23.8. The van der Waals surface area contributed by atoms with Crippen LogP contribution in [0.15, 0.2) is 20.0 Å². The van der Waals surface area contributed by atoms with Gasteiger partial charge in [0.05, 0.1) is 6.54 Å². The van der Waals surface area contributed by atoms with Gasteiger partial charge in [-0.05, 0) is 48.7 Å². The van der Waals surface area contributed by atoms with Crippen LogP contribution >= 0.6 is 15.9 Å². The van der Waals surface area contributed by atoms with E-state index in [-0.39, 0.29) is 17.0 Å². The highest BCUT2D eigenvalue weighted by Crippen LogP contribution is 2.36. The monoisotopic (exact) mass is 378 g/mol. The van der Waals surface area contributed by atoms with Crippen LogP contribution in [0.25, 0.3) is 0 Å². The van der Waals surface area contributed by atoms with E-state index < -0.39 is 10.0 Å². The van der Waals surface area contributed by atoms with Gasteiger partial charge in [0.2, 0.25) is 10.0 Å². The number of nitrogens with zero attached hydrogens (tertiary/aromatic N) is 1. The summed E-state index contributed by atoms with van der Waals surface area (Å²) in [5.41, 5.74) is 0. The molecule has 0 aromatic carbocycles. The van der Waals surface area contributed by atoms with Crippen molar-refractivity contribution in [1.82, 2.24) is 9.62 Å². The average molecular weight is 379 g/mol. The van der Waals surface area contributed by atoms with Gasteiger partial charge in [0.15, 0.2) is 4.67 Å².